The van der Waals surface area contributed by atoms with Crippen molar-refractivity contribution in [3.8, 4) is 5.75 Å². The zero-order chi connectivity index (χ0) is 16.5. The number of carboxylic acids is 1. The molecule has 0 amide bonds. The number of aliphatic carboxylic acids is 1. The average Bonchev–Trinajstić information content (AvgIpc) is 2.58. The molecule has 2 aromatic rings. The number of hydrogen-bond acceptors (Lipinski definition) is 4. The van der Waals surface area contributed by atoms with Crippen LogP contribution in [0.1, 0.15) is 11.1 Å². The number of methoxy groups -OCH3 is 1. The van der Waals surface area contributed by atoms with Gasteiger partial charge >= 0.3 is 5.97 Å². The van der Waals surface area contributed by atoms with Crippen molar-refractivity contribution >= 4 is 12.2 Å². The van der Waals surface area contributed by atoms with Gasteiger partial charge in [-0.1, -0.05) is 42.5 Å². The first-order valence-corrected chi connectivity index (χ1v) is 7.21. The Hall–Kier alpha value is -2.66. The first-order chi connectivity index (χ1) is 11.2. The van der Waals surface area contributed by atoms with Crippen LogP contribution in [0.5, 0.6) is 5.75 Å². The molecule has 0 aliphatic rings. The van der Waals surface area contributed by atoms with Crippen LogP contribution in [0.3, 0.4) is 0 Å². The summed E-state index contributed by atoms with van der Waals surface area (Å²) in [6.07, 6.45) is 1.91. The highest BCUT2D eigenvalue weighted by atomic mass is 16.7. The normalized spacial score (nSPS) is 12.2. The summed E-state index contributed by atoms with van der Waals surface area (Å²) < 4.78 is 10.1. The third-order valence-corrected chi connectivity index (χ3v) is 3.18. The van der Waals surface area contributed by atoms with Gasteiger partial charge in [0.25, 0.3) is 0 Å². The third-order valence-electron chi connectivity index (χ3n) is 3.18. The van der Waals surface area contributed by atoms with Crippen LogP contribution in [0.2, 0.25) is 0 Å². The lowest BCUT2D eigenvalue weighted by atomic mass is 10.1. The van der Waals surface area contributed by atoms with Gasteiger partial charge in [-0.2, -0.15) is 0 Å². The second kappa shape index (κ2) is 8.70. The number of nitrogens with zero attached hydrogens (tertiary/aromatic N) is 1. The van der Waals surface area contributed by atoms with E-state index in [-0.39, 0.29) is 6.79 Å². The van der Waals surface area contributed by atoms with Crippen LogP contribution in [-0.4, -0.2) is 37.2 Å². The van der Waals surface area contributed by atoms with E-state index in [1.54, 1.807) is 25.5 Å². The number of hydrogen-bond donors (Lipinski definition) is 1. The average molecular weight is 313 g/mol. The second-order valence-electron chi connectivity index (χ2n) is 4.94. The minimum Gasteiger partial charge on any atom is -0.480 e. The molecule has 1 N–H and O–H groups in total. The summed E-state index contributed by atoms with van der Waals surface area (Å²) in [5.74, 6) is -0.271. The van der Waals surface area contributed by atoms with Crippen molar-refractivity contribution < 1.29 is 19.4 Å². The van der Waals surface area contributed by atoms with Crippen LogP contribution in [-0.2, 0) is 16.0 Å². The second-order valence-corrected chi connectivity index (χ2v) is 4.94. The predicted octanol–water partition coefficient (Wildman–Crippen LogP) is 2.78. The Morgan fingerprint density at radius 3 is 2.48 bits per heavy atom. The van der Waals surface area contributed by atoms with E-state index >= 15 is 0 Å². The molecule has 5 nitrogen and oxygen atoms in total. The summed E-state index contributed by atoms with van der Waals surface area (Å²) in [5, 5.41) is 9.33. The van der Waals surface area contributed by atoms with Crippen LogP contribution >= 0.6 is 0 Å². The molecule has 0 radical (unpaired) electrons. The minimum atomic E-state index is -0.947. The Kier molecular flexibility index (Phi) is 6.32. The topological polar surface area (TPSA) is 68.1 Å². The van der Waals surface area contributed by atoms with Crippen LogP contribution in [0, 0.1) is 0 Å². The predicted molar refractivity (Wildman–Crippen MR) is 88.1 cm³/mol. The highest BCUT2D eigenvalue weighted by Crippen LogP contribution is 2.14. The molecule has 5 heteroatoms. The van der Waals surface area contributed by atoms with E-state index in [4.69, 9.17) is 9.47 Å². The van der Waals surface area contributed by atoms with Gasteiger partial charge in [-0.15, -0.1) is 0 Å². The first kappa shape index (κ1) is 16.7. The Morgan fingerprint density at radius 2 is 1.87 bits per heavy atom. The fourth-order valence-electron chi connectivity index (χ4n) is 1.99. The van der Waals surface area contributed by atoms with E-state index in [2.05, 4.69) is 4.99 Å². The summed E-state index contributed by atoms with van der Waals surface area (Å²) >= 11 is 0. The molecule has 1 unspecified atom stereocenters. The number of carbonyl (C=O) groups is 1. The van der Waals surface area contributed by atoms with Crippen molar-refractivity contribution in [3.63, 3.8) is 0 Å². The van der Waals surface area contributed by atoms with E-state index in [1.807, 2.05) is 42.5 Å². The van der Waals surface area contributed by atoms with Crippen molar-refractivity contribution in [1.82, 2.24) is 0 Å². The quantitative estimate of drug-likeness (QED) is 0.601. The van der Waals surface area contributed by atoms with Gasteiger partial charge in [-0.25, -0.2) is 4.79 Å². The highest BCUT2D eigenvalue weighted by molar-refractivity contribution is 5.83. The van der Waals surface area contributed by atoms with E-state index in [0.717, 1.165) is 11.1 Å². The van der Waals surface area contributed by atoms with Crippen LogP contribution in [0.25, 0.3) is 0 Å². The monoisotopic (exact) mass is 313 g/mol. The minimum absolute atomic E-state index is 0.179. The molecule has 0 heterocycles. The maximum atomic E-state index is 11.4. The number of carboxylic acid groups (broad SMARTS) is 1. The van der Waals surface area contributed by atoms with Crippen molar-refractivity contribution in [2.75, 3.05) is 13.9 Å². The first-order valence-electron chi connectivity index (χ1n) is 7.21. The fraction of sp³-hybridized carbons (Fsp3) is 0.222. The molecule has 23 heavy (non-hydrogen) atoms. The van der Waals surface area contributed by atoms with E-state index in [1.165, 1.54) is 0 Å². The Labute approximate surface area is 135 Å². The molecular weight excluding hydrogens is 294 g/mol. The number of aliphatic imine (C=N–C) groups is 1. The SMILES string of the molecule is COCOc1ccc(CC(N=Cc2ccccc2)C(=O)O)cc1. The molecule has 0 aromatic heterocycles. The van der Waals surface area contributed by atoms with Crippen molar-refractivity contribution in [2.45, 2.75) is 12.5 Å². The van der Waals surface area contributed by atoms with Gasteiger partial charge in [-0.05, 0) is 23.3 Å². The molecule has 2 aromatic carbocycles. The van der Waals surface area contributed by atoms with Crippen molar-refractivity contribution in [1.29, 1.82) is 0 Å². The summed E-state index contributed by atoms with van der Waals surface area (Å²) in [4.78, 5) is 15.6. The Bertz CT molecular complexity index is 638. The molecule has 1 atom stereocenters. The van der Waals surface area contributed by atoms with Gasteiger partial charge in [0.1, 0.15) is 5.75 Å². The van der Waals surface area contributed by atoms with E-state index < -0.39 is 12.0 Å². The Balaban J connectivity index is 2.02. The molecular formula is C18H19NO4. The highest BCUT2D eigenvalue weighted by Gasteiger charge is 2.16. The molecule has 0 saturated carbocycles. The fourth-order valence-corrected chi connectivity index (χ4v) is 1.99. The van der Waals surface area contributed by atoms with Crippen LogP contribution in [0.15, 0.2) is 59.6 Å². The number of ether oxygens (including phenoxy) is 2. The molecule has 0 aliphatic heterocycles. The van der Waals surface area contributed by atoms with Gasteiger partial charge in [-0.3, -0.25) is 4.99 Å². The molecule has 120 valence electrons. The summed E-state index contributed by atoms with van der Waals surface area (Å²) in [5.41, 5.74) is 1.76. The van der Waals surface area contributed by atoms with E-state index in [0.29, 0.717) is 12.2 Å². The molecule has 0 spiro atoms. The van der Waals surface area contributed by atoms with Crippen molar-refractivity contribution in [3.05, 3.63) is 65.7 Å². The summed E-state index contributed by atoms with van der Waals surface area (Å²) in [6.45, 7) is 0.179. The maximum absolute atomic E-state index is 11.4. The van der Waals surface area contributed by atoms with Gasteiger partial charge in [0.05, 0.1) is 0 Å². The zero-order valence-electron chi connectivity index (χ0n) is 12.9. The molecule has 0 saturated heterocycles. The number of benzene rings is 2. The van der Waals surface area contributed by atoms with Gasteiger partial charge in [0.15, 0.2) is 12.8 Å². The van der Waals surface area contributed by atoms with Gasteiger partial charge < -0.3 is 14.6 Å². The van der Waals surface area contributed by atoms with Gasteiger partial charge in [0.2, 0.25) is 0 Å². The number of rotatable bonds is 8. The summed E-state index contributed by atoms with van der Waals surface area (Å²) in [6, 6.07) is 15.8. The largest absolute Gasteiger partial charge is 0.480 e. The molecule has 0 bridgehead atoms. The third kappa shape index (κ3) is 5.56. The standard InChI is InChI=1S/C18H19NO4/c1-22-13-23-16-9-7-14(8-10-16)11-17(18(20)21)19-12-15-5-3-2-4-6-15/h2-10,12,17H,11,13H2,1H3,(H,20,21). The zero-order valence-corrected chi connectivity index (χ0v) is 12.9. The summed E-state index contributed by atoms with van der Waals surface area (Å²) in [7, 11) is 1.55. The van der Waals surface area contributed by atoms with Crippen molar-refractivity contribution in [2.24, 2.45) is 4.99 Å². The maximum Gasteiger partial charge on any atom is 0.328 e. The molecule has 2 rings (SSSR count). The van der Waals surface area contributed by atoms with Crippen LogP contribution in [0.4, 0.5) is 0 Å². The lowest BCUT2D eigenvalue weighted by molar-refractivity contribution is -0.138. The lowest BCUT2D eigenvalue weighted by Crippen LogP contribution is -2.20. The Morgan fingerprint density at radius 1 is 1.17 bits per heavy atom. The lowest BCUT2D eigenvalue weighted by Gasteiger charge is -2.09. The molecule has 0 fully saturated rings. The van der Waals surface area contributed by atoms with Crippen LogP contribution < -0.4 is 4.74 Å². The van der Waals surface area contributed by atoms with E-state index in [9.17, 15) is 9.90 Å². The smallest absolute Gasteiger partial charge is 0.328 e. The molecule has 0 aliphatic carbocycles. The van der Waals surface area contributed by atoms with Gasteiger partial charge in [0, 0.05) is 19.7 Å².